The highest BCUT2D eigenvalue weighted by molar-refractivity contribution is 5.91. The first-order valence-electron chi connectivity index (χ1n) is 15.8. The zero-order valence-electron chi connectivity index (χ0n) is 28.0. The van der Waals surface area contributed by atoms with E-state index in [9.17, 15) is 14.4 Å². The number of nitrogens with zero attached hydrogens (tertiary/aromatic N) is 1. The predicted octanol–water partition coefficient (Wildman–Crippen LogP) is 6.91. The van der Waals surface area contributed by atoms with E-state index >= 15 is 0 Å². The average Bonchev–Trinajstić information content (AvgIpc) is 3.46. The minimum absolute atomic E-state index is 0.109. The summed E-state index contributed by atoms with van der Waals surface area (Å²) in [6, 6.07) is 10.3. The number of likely N-dealkylation sites (tertiary alicyclic amines) is 1. The van der Waals surface area contributed by atoms with Gasteiger partial charge in [0.15, 0.2) is 0 Å². The molecule has 0 bridgehead atoms. The Labute approximate surface area is 273 Å². The van der Waals surface area contributed by atoms with E-state index in [1.165, 1.54) is 12.0 Å². The fraction of sp³-hybridized carbons (Fsp3) is 0.486. The van der Waals surface area contributed by atoms with E-state index in [0.29, 0.717) is 19.3 Å². The van der Waals surface area contributed by atoms with E-state index in [4.69, 9.17) is 18.9 Å². The first-order valence-corrected chi connectivity index (χ1v) is 15.8. The lowest BCUT2D eigenvalue weighted by atomic mass is 9.89. The zero-order chi connectivity index (χ0) is 33.7. The predicted molar refractivity (Wildman–Crippen MR) is 181 cm³/mol. The molecule has 1 aliphatic rings. The van der Waals surface area contributed by atoms with Crippen LogP contribution in [-0.4, -0.2) is 69.4 Å². The Kier molecular flexibility index (Phi) is 13.4. The van der Waals surface area contributed by atoms with Crippen LogP contribution in [0.2, 0.25) is 0 Å². The highest BCUT2D eigenvalue weighted by Gasteiger charge is 2.52. The van der Waals surface area contributed by atoms with Crippen LogP contribution in [0.3, 0.4) is 0 Å². The summed E-state index contributed by atoms with van der Waals surface area (Å²) in [6.45, 7) is 11.8. The normalized spacial score (nSPS) is 18.7. The smallest absolute Gasteiger partial charge is 0.407 e. The molecule has 1 fully saturated rings. The number of alkyl carbamates (subject to hydrolysis) is 1. The summed E-state index contributed by atoms with van der Waals surface area (Å²) < 4.78 is 21.9. The van der Waals surface area contributed by atoms with E-state index < -0.39 is 29.7 Å². The molecule has 9 heteroatoms. The number of benzene rings is 2. The summed E-state index contributed by atoms with van der Waals surface area (Å²) in [6.07, 6.45) is 11.1. The summed E-state index contributed by atoms with van der Waals surface area (Å²) in [4.78, 5) is 41.9. The third-order valence-electron chi connectivity index (χ3n) is 8.54. The molecule has 2 unspecified atom stereocenters. The molecular formula is C37H50N2O7. The number of esters is 1. The number of unbranched alkanes of at least 4 members (excludes halogenated alkanes) is 3. The highest BCUT2D eigenvalue weighted by atomic mass is 16.5. The molecule has 0 aromatic heterocycles. The molecule has 1 saturated heterocycles. The quantitative estimate of drug-likeness (QED) is 0.0873. The number of methoxy groups -OCH3 is 3. The Hall–Kier alpha value is -4.11. The van der Waals surface area contributed by atoms with E-state index in [1.54, 1.807) is 26.6 Å². The van der Waals surface area contributed by atoms with Gasteiger partial charge in [-0.3, -0.25) is 4.79 Å². The van der Waals surface area contributed by atoms with Crippen LogP contribution in [0.25, 0.3) is 16.8 Å². The number of hydrogen-bond donors (Lipinski definition) is 1. The molecule has 1 aliphatic heterocycles. The van der Waals surface area contributed by atoms with Gasteiger partial charge in [0.05, 0.1) is 33.6 Å². The second-order valence-electron chi connectivity index (χ2n) is 12.6. The first-order chi connectivity index (χ1) is 22.0. The van der Waals surface area contributed by atoms with Crippen LogP contribution in [0, 0.1) is 5.41 Å². The average molecular weight is 635 g/mol. The van der Waals surface area contributed by atoms with Crippen molar-refractivity contribution in [2.45, 2.75) is 76.5 Å². The maximum absolute atomic E-state index is 14.3. The number of carbonyl (C=O) groups excluding carboxylic acids is 3. The summed E-state index contributed by atoms with van der Waals surface area (Å²) in [5.41, 5.74) is 0.567. The molecule has 0 spiro atoms. The highest BCUT2D eigenvalue weighted by Crippen LogP contribution is 2.41. The first kappa shape index (κ1) is 36.4. The van der Waals surface area contributed by atoms with Gasteiger partial charge >= 0.3 is 12.1 Å². The lowest BCUT2D eigenvalue weighted by Crippen LogP contribution is -2.52. The van der Waals surface area contributed by atoms with Crippen LogP contribution >= 0.6 is 0 Å². The van der Waals surface area contributed by atoms with Crippen molar-refractivity contribution in [2.75, 3.05) is 34.5 Å². The van der Waals surface area contributed by atoms with Crippen molar-refractivity contribution in [3.05, 3.63) is 79.1 Å². The van der Waals surface area contributed by atoms with Gasteiger partial charge in [0.2, 0.25) is 5.91 Å². The second kappa shape index (κ2) is 17.0. The minimum Gasteiger partial charge on any atom is -0.504 e. The van der Waals surface area contributed by atoms with Gasteiger partial charge in [0.25, 0.3) is 0 Å². The SMILES string of the molecule is C=CCCCCC[C@H](NC(=O)OCC(C)(C)CC=C)C(=O)N1CC(OC)(c2ccc3cc(C=COC)ccc3c2)CC1C(=O)OC. The van der Waals surface area contributed by atoms with Gasteiger partial charge < -0.3 is 29.2 Å². The van der Waals surface area contributed by atoms with Crippen LogP contribution in [0.1, 0.15) is 69.9 Å². The number of allylic oxidation sites excluding steroid dienone is 2. The fourth-order valence-corrected chi connectivity index (χ4v) is 5.89. The molecule has 3 rings (SSSR count). The maximum atomic E-state index is 14.3. The molecule has 1 heterocycles. The van der Waals surface area contributed by atoms with Crippen LogP contribution < -0.4 is 5.32 Å². The number of carbonyl (C=O) groups is 3. The van der Waals surface area contributed by atoms with Crippen molar-refractivity contribution in [1.82, 2.24) is 10.2 Å². The third-order valence-corrected chi connectivity index (χ3v) is 8.54. The number of fused-ring (bicyclic) bond motifs is 1. The summed E-state index contributed by atoms with van der Waals surface area (Å²) >= 11 is 0. The van der Waals surface area contributed by atoms with E-state index in [0.717, 1.165) is 41.2 Å². The van der Waals surface area contributed by atoms with Crippen molar-refractivity contribution in [1.29, 1.82) is 0 Å². The van der Waals surface area contributed by atoms with Crippen LogP contribution in [-0.2, 0) is 34.1 Å². The van der Waals surface area contributed by atoms with Gasteiger partial charge in [0, 0.05) is 18.9 Å². The molecule has 2 aromatic carbocycles. The Morgan fingerprint density at radius 3 is 2.46 bits per heavy atom. The van der Waals surface area contributed by atoms with Gasteiger partial charge in [-0.05, 0) is 65.8 Å². The molecule has 2 amide bonds. The number of hydrogen-bond acceptors (Lipinski definition) is 7. The van der Waals surface area contributed by atoms with Crippen LogP contribution in [0.5, 0.6) is 0 Å². The molecule has 250 valence electrons. The fourth-order valence-electron chi connectivity index (χ4n) is 5.89. The molecule has 9 nitrogen and oxygen atoms in total. The number of rotatable bonds is 17. The largest absolute Gasteiger partial charge is 0.504 e. The van der Waals surface area contributed by atoms with Gasteiger partial charge in [-0.1, -0.05) is 63.1 Å². The molecule has 2 aromatic rings. The van der Waals surface area contributed by atoms with E-state index in [-0.39, 0.29) is 30.9 Å². The molecule has 0 radical (unpaired) electrons. The van der Waals surface area contributed by atoms with Crippen molar-refractivity contribution in [2.24, 2.45) is 5.41 Å². The van der Waals surface area contributed by atoms with Crippen molar-refractivity contribution in [3.8, 4) is 0 Å². The lowest BCUT2D eigenvalue weighted by Gasteiger charge is -2.30. The van der Waals surface area contributed by atoms with Gasteiger partial charge in [-0.2, -0.15) is 0 Å². The van der Waals surface area contributed by atoms with Crippen molar-refractivity contribution in [3.63, 3.8) is 0 Å². The minimum atomic E-state index is -0.971. The topological polar surface area (TPSA) is 103 Å². The lowest BCUT2D eigenvalue weighted by molar-refractivity contribution is -0.151. The zero-order valence-corrected chi connectivity index (χ0v) is 28.0. The number of amides is 2. The van der Waals surface area contributed by atoms with Gasteiger partial charge in [-0.15, -0.1) is 13.2 Å². The molecule has 3 atom stereocenters. The molecule has 46 heavy (non-hydrogen) atoms. The van der Waals surface area contributed by atoms with Crippen LogP contribution in [0.4, 0.5) is 4.79 Å². The second-order valence-corrected chi connectivity index (χ2v) is 12.6. The summed E-state index contributed by atoms with van der Waals surface area (Å²) in [5, 5.41) is 4.82. The van der Waals surface area contributed by atoms with Crippen LogP contribution in [0.15, 0.2) is 68.0 Å². The third kappa shape index (κ3) is 9.45. The standard InChI is InChI=1S/C37H50N2O7/c1-8-10-11-12-13-14-31(38-35(42)46-26-36(3,4)20-9-2)33(40)39-25-37(45-7,24-32(39)34(41)44-6)30-18-17-28-22-27(19-21-43-5)15-16-29(28)23-30/h8-9,15-19,21-23,31-32H,1-2,10-14,20,24-26H2,3-7H3,(H,38,42)/t31-,32?,37?/m0/s1. The Morgan fingerprint density at radius 2 is 1.78 bits per heavy atom. The molecule has 1 N–H and O–H groups in total. The summed E-state index contributed by atoms with van der Waals surface area (Å²) in [7, 11) is 4.50. The van der Waals surface area contributed by atoms with Crippen molar-refractivity contribution < 1.29 is 33.3 Å². The van der Waals surface area contributed by atoms with Gasteiger partial charge in [0.1, 0.15) is 17.7 Å². The Bertz CT molecular complexity index is 1400. The van der Waals surface area contributed by atoms with Crippen molar-refractivity contribution >= 4 is 34.8 Å². The molecular weight excluding hydrogens is 584 g/mol. The van der Waals surface area contributed by atoms with Gasteiger partial charge in [-0.25, -0.2) is 9.59 Å². The Morgan fingerprint density at radius 1 is 1.04 bits per heavy atom. The van der Waals surface area contributed by atoms with E-state index in [1.807, 2.05) is 56.3 Å². The monoisotopic (exact) mass is 634 g/mol. The van der Waals surface area contributed by atoms with E-state index in [2.05, 4.69) is 24.5 Å². The summed E-state index contributed by atoms with van der Waals surface area (Å²) in [5.74, 6) is -0.920. The molecule has 0 aliphatic carbocycles. The Balaban J connectivity index is 1.90. The maximum Gasteiger partial charge on any atom is 0.407 e. The number of ether oxygens (including phenoxy) is 4. The molecule has 0 saturated carbocycles. The number of nitrogens with one attached hydrogen (secondary N) is 1.